The normalized spacial score (nSPS) is 11.2. The first-order chi connectivity index (χ1) is 16.3. The zero-order valence-electron chi connectivity index (χ0n) is 18.7. The second-order valence-electron chi connectivity index (χ2n) is 6.98. The Labute approximate surface area is 198 Å². The molecule has 178 valence electrons. The molecule has 0 atom stereocenters. The molecule has 0 aliphatic carbocycles. The number of nitrogens with two attached hydrogens (primary N) is 1. The third-order valence-corrected chi connectivity index (χ3v) is 5.91. The van der Waals surface area contributed by atoms with Crippen LogP contribution in [0, 0.1) is 0 Å². The number of carbonyl (C=O) groups is 1. The van der Waals surface area contributed by atoms with E-state index in [0.29, 0.717) is 35.0 Å². The minimum Gasteiger partial charge on any atom is -0.496 e. The van der Waals surface area contributed by atoms with Crippen molar-refractivity contribution in [1.82, 2.24) is 4.83 Å². The van der Waals surface area contributed by atoms with Gasteiger partial charge in [0, 0.05) is 5.56 Å². The van der Waals surface area contributed by atoms with Crippen molar-refractivity contribution in [2.45, 2.75) is 18.4 Å². The van der Waals surface area contributed by atoms with Gasteiger partial charge in [-0.15, -0.1) is 0 Å². The standard InChI is InChI=1S/C24H25N3O6S/c1-3-32-19-9-11-20(12-10-19)34(29,30)27-26-15-17-8-13-22(31-2)18(14-17)16-33-23-7-5-4-6-21(23)24(25)28/h4-15,27H,3,16H2,1-2H3,(H2,25,28)/b26-15-. The molecule has 1 amide bonds. The molecule has 0 bridgehead atoms. The Morgan fingerprint density at radius 1 is 1.03 bits per heavy atom. The van der Waals surface area contributed by atoms with Gasteiger partial charge in [0.05, 0.1) is 30.4 Å². The molecule has 0 heterocycles. The number of nitrogens with one attached hydrogen (secondary N) is 1. The number of amides is 1. The molecule has 0 radical (unpaired) electrons. The van der Waals surface area contributed by atoms with Crippen molar-refractivity contribution in [2.75, 3.05) is 13.7 Å². The number of hydrogen-bond donors (Lipinski definition) is 2. The van der Waals surface area contributed by atoms with Crippen molar-refractivity contribution in [3.8, 4) is 17.2 Å². The maximum absolute atomic E-state index is 12.5. The zero-order chi connectivity index (χ0) is 24.6. The number of carbonyl (C=O) groups excluding carboxylic acids is 1. The number of rotatable bonds is 11. The van der Waals surface area contributed by atoms with Gasteiger partial charge < -0.3 is 19.9 Å². The molecule has 3 N–H and O–H groups in total. The van der Waals surface area contributed by atoms with Gasteiger partial charge in [-0.2, -0.15) is 13.5 Å². The van der Waals surface area contributed by atoms with Crippen LogP contribution in [0.1, 0.15) is 28.4 Å². The summed E-state index contributed by atoms with van der Waals surface area (Å²) in [6.07, 6.45) is 1.37. The Morgan fingerprint density at radius 3 is 2.44 bits per heavy atom. The van der Waals surface area contributed by atoms with Crippen LogP contribution in [-0.4, -0.2) is 34.3 Å². The molecule has 0 aliphatic rings. The molecule has 10 heteroatoms. The monoisotopic (exact) mass is 483 g/mol. The highest BCUT2D eigenvalue weighted by molar-refractivity contribution is 7.89. The average Bonchev–Trinajstić information content (AvgIpc) is 2.83. The number of hydrazone groups is 1. The van der Waals surface area contributed by atoms with E-state index >= 15 is 0 Å². The zero-order valence-corrected chi connectivity index (χ0v) is 19.5. The molecule has 0 fully saturated rings. The van der Waals surface area contributed by atoms with Gasteiger partial charge in [0.15, 0.2) is 0 Å². The Morgan fingerprint density at radius 2 is 1.76 bits per heavy atom. The molecule has 3 rings (SSSR count). The fourth-order valence-corrected chi connectivity index (χ4v) is 3.84. The number of nitrogens with zero attached hydrogens (tertiary/aromatic N) is 1. The van der Waals surface area contributed by atoms with E-state index in [0.717, 1.165) is 0 Å². The summed E-state index contributed by atoms with van der Waals surface area (Å²) in [5, 5.41) is 3.86. The van der Waals surface area contributed by atoms with Crippen molar-refractivity contribution >= 4 is 22.1 Å². The van der Waals surface area contributed by atoms with Gasteiger partial charge in [0.25, 0.3) is 15.9 Å². The maximum atomic E-state index is 12.5. The van der Waals surface area contributed by atoms with Crippen LogP contribution < -0.4 is 24.8 Å². The lowest BCUT2D eigenvalue weighted by molar-refractivity contribution is 0.0996. The quantitative estimate of drug-likeness (QED) is 0.318. The van der Waals surface area contributed by atoms with Gasteiger partial charge in [-0.05, 0) is 67.1 Å². The Balaban J connectivity index is 1.72. The molecule has 3 aromatic rings. The highest BCUT2D eigenvalue weighted by atomic mass is 32.2. The highest BCUT2D eigenvalue weighted by Crippen LogP contribution is 2.24. The summed E-state index contributed by atoms with van der Waals surface area (Å²) in [5.74, 6) is 0.891. The number of primary amides is 1. The van der Waals surface area contributed by atoms with Crippen LogP contribution in [0.25, 0.3) is 0 Å². The van der Waals surface area contributed by atoms with Crippen molar-refractivity contribution in [2.24, 2.45) is 10.8 Å². The predicted molar refractivity (Wildman–Crippen MR) is 128 cm³/mol. The number of sulfonamides is 1. The predicted octanol–water partition coefficient (Wildman–Crippen LogP) is 3.08. The summed E-state index contributed by atoms with van der Waals surface area (Å²) in [5.41, 5.74) is 6.93. The number of ether oxygens (including phenoxy) is 3. The third kappa shape index (κ3) is 6.26. The van der Waals surface area contributed by atoms with E-state index in [4.69, 9.17) is 19.9 Å². The first kappa shape index (κ1) is 24.6. The van der Waals surface area contributed by atoms with Crippen molar-refractivity contribution in [1.29, 1.82) is 0 Å². The van der Waals surface area contributed by atoms with Crippen LogP contribution >= 0.6 is 0 Å². The fourth-order valence-electron chi connectivity index (χ4n) is 3.05. The molecule has 0 saturated carbocycles. The topological polar surface area (TPSA) is 129 Å². The lowest BCUT2D eigenvalue weighted by Gasteiger charge is -2.13. The average molecular weight is 484 g/mol. The Bertz CT molecular complexity index is 1270. The van der Waals surface area contributed by atoms with E-state index in [-0.39, 0.29) is 17.1 Å². The lowest BCUT2D eigenvalue weighted by Crippen LogP contribution is -2.18. The van der Waals surface area contributed by atoms with E-state index in [1.165, 1.54) is 25.5 Å². The van der Waals surface area contributed by atoms with Crippen molar-refractivity contribution < 1.29 is 27.4 Å². The van der Waals surface area contributed by atoms with Gasteiger partial charge in [0.1, 0.15) is 23.9 Å². The first-order valence-electron chi connectivity index (χ1n) is 10.3. The van der Waals surface area contributed by atoms with Crippen LogP contribution in [0.4, 0.5) is 0 Å². The van der Waals surface area contributed by atoms with Gasteiger partial charge >= 0.3 is 0 Å². The molecule has 0 unspecified atom stereocenters. The van der Waals surface area contributed by atoms with Crippen LogP contribution in [0.5, 0.6) is 17.2 Å². The summed E-state index contributed by atoms with van der Waals surface area (Å²) >= 11 is 0. The molecule has 3 aromatic carbocycles. The number of hydrogen-bond acceptors (Lipinski definition) is 7. The second-order valence-corrected chi connectivity index (χ2v) is 8.64. The molecule has 34 heavy (non-hydrogen) atoms. The van der Waals surface area contributed by atoms with Gasteiger partial charge in [-0.25, -0.2) is 4.83 Å². The number of benzene rings is 3. The van der Waals surface area contributed by atoms with E-state index in [9.17, 15) is 13.2 Å². The van der Waals surface area contributed by atoms with E-state index in [2.05, 4.69) is 9.93 Å². The fraction of sp³-hybridized carbons (Fsp3) is 0.167. The summed E-state index contributed by atoms with van der Waals surface area (Å²) in [6.45, 7) is 2.42. The van der Waals surface area contributed by atoms with Gasteiger partial charge in [-0.1, -0.05) is 12.1 Å². The van der Waals surface area contributed by atoms with Crippen molar-refractivity contribution in [3.63, 3.8) is 0 Å². The minimum absolute atomic E-state index is 0.0602. The van der Waals surface area contributed by atoms with Gasteiger partial charge in [-0.3, -0.25) is 4.79 Å². The van der Waals surface area contributed by atoms with E-state index in [1.54, 1.807) is 54.6 Å². The molecular formula is C24H25N3O6S. The smallest absolute Gasteiger partial charge is 0.276 e. The minimum atomic E-state index is -3.84. The summed E-state index contributed by atoms with van der Waals surface area (Å²) < 4.78 is 41.4. The first-order valence-corrected chi connectivity index (χ1v) is 11.8. The van der Waals surface area contributed by atoms with Crippen molar-refractivity contribution in [3.05, 3.63) is 83.4 Å². The van der Waals surface area contributed by atoms with Crippen LogP contribution in [0.15, 0.2) is 76.7 Å². The maximum Gasteiger partial charge on any atom is 0.276 e. The molecule has 0 aliphatic heterocycles. The number of para-hydroxylation sites is 1. The second kappa shape index (κ2) is 11.2. The van der Waals surface area contributed by atoms with E-state index < -0.39 is 15.9 Å². The van der Waals surface area contributed by atoms with Gasteiger partial charge in [0.2, 0.25) is 0 Å². The van der Waals surface area contributed by atoms with Crippen LogP contribution in [0.3, 0.4) is 0 Å². The molecule has 0 spiro atoms. The summed E-state index contributed by atoms with van der Waals surface area (Å²) in [6, 6.07) is 17.8. The Hall–Kier alpha value is -4.05. The van der Waals surface area contributed by atoms with E-state index in [1.807, 2.05) is 6.92 Å². The highest BCUT2D eigenvalue weighted by Gasteiger charge is 2.13. The molecule has 9 nitrogen and oxygen atoms in total. The number of methoxy groups -OCH3 is 1. The molecular weight excluding hydrogens is 458 g/mol. The summed E-state index contributed by atoms with van der Waals surface area (Å²) in [4.78, 5) is 13.8. The lowest BCUT2D eigenvalue weighted by atomic mass is 10.1. The molecule has 0 saturated heterocycles. The van der Waals surface area contributed by atoms with Crippen LogP contribution in [0.2, 0.25) is 0 Å². The third-order valence-electron chi connectivity index (χ3n) is 4.67. The van der Waals surface area contributed by atoms with Crippen LogP contribution in [-0.2, 0) is 16.6 Å². The SMILES string of the molecule is CCOc1ccc(S(=O)(=O)N/N=C\c2ccc(OC)c(COc3ccccc3C(N)=O)c2)cc1. The molecule has 0 aromatic heterocycles. The summed E-state index contributed by atoms with van der Waals surface area (Å²) in [7, 11) is -2.32. The Kier molecular flexibility index (Phi) is 8.10. The largest absolute Gasteiger partial charge is 0.496 e.